The van der Waals surface area contributed by atoms with Crippen LogP contribution in [0.1, 0.15) is 17.5 Å². The van der Waals surface area contributed by atoms with Crippen LogP contribution in [-0.2, 0) is 27.4 Å². The highest BCUT2D eigenvalue weighted by atomic mass is 16.5. The van der Waals surface area contributed by atoms with Crippen LogP contribution < -0.4 is 11.2 Å². The largest absolute Gasteiger partial charge is 0.367 e. The summed E-state index contributed by atoms with van der Waals surface area (Å²) in [4.78, 5) is 22.5. The molecule has 0 aromatic heterocycles. The first-order valence-corrected chi connectivity index (χ1v) is 6.07. The molecule has 0 atom stereocenters. The van der Waals surface area contributed by atoms with Crippen molar-refractivity contribution >= 4 is 17.5 Å². The zero-order valence-electron chi connectivity index (χ0n) is 10.8. The van der Waals surface area contributed by atoms with Gasteiger partial charge in [-0.25, -0.2) is 5.84 Å². The molecule has 1 aliphatic heterocycles. The quantitative estimate of drug-likeness (QED) is 0.468. The molecule has 1 aromatic carbocycles. The highest BCUT2D eigenvalue weighted by Crippen LogP contribution is 2.23. The molecule has 0 saturated carbocycles. The van der Waals surface area contributed by atoms with Crippen molar-refractivity contribution in [1.29, 1.82) is 0 Å². The number of nitrogens with one attached hydrogen (secondary N) is 1. The predicted octanol–water partition coefficient (Wildman–Crippen LogP) is 0.420. The monoisotopic (exact) mass is 263 g/mol. The van der Waals surface area contributed by atoms with Crippen LogP contribution in [-0.4, -0.2) is 30.5 Å². The third-order valence-corrected chi connectivity index (χ3v) is 2.95. The molecule has 3 N–H and O–H groups in total. The smallest absolute Gasteiger partial charge is 0.262 e. The Morgan fingerprint density at radius 1 is 1.47 bits per heavy atom. The molecule has 0 unspecified atom stereocenters. The van der Waals surface area contributed by atoms with E-state index in [0.29, 0.717) is 13.0 Å². The fourth-order valence-corrected chi connectivity index (χ4v) is 1.88. The number of aryl methyl sites for hydroxylation is 1. The number of benzene rings is 1. The van der Waals surface area contributed by atoms with Crippen LogP contribution >= 0.6 is 0 Å². The molecule has 1 aliphatic rings. The molecule has 6 heteroatoms. The van der Waals surface area contributed by atoms with Crippen LogP contribution in [0.3, 0.4) is 0 Å². The van der Waals surface area contributed by atoms with Crippen LogP contribution in [0.5, 0.6) is 0 Å². The van der Waals surface area contributed by atoms with Gasteiger partial charge in [0.1, 0.15) is 6.61 Å². The molecule has 1 aromatic rings. The Labute approximate surface area is 111 Å². The Morgan fingerprint density at radius 2 is 2.26 bits per heavy atom. The summed E-state index contributed by atoms with van der Waals surface area (Å²) in [7, 11) is 1.48. The molecule has 0 saturated heterocycles. The van der Waals surface area contributed by atoms with E-state index in [1.165, 1.54) is 7.05 Å². The van der Waals surface area contributed by atoms with E-state index in [-0.39, 0.29) is 18.4 Å². The van der Waals surface area contributed by atoms with Crippen LogP contribution in [0.15, 0.2) is 18.2 Å². The number of rotatable bonds is 4. The normalized spacial score (nSPS) is 13.7. The second kappa shape index (κ2) is 5.81. The molecular formula is C13H17N3O3. The average molecular weight is 263 g/mol. The number of hydrogen-bond donors (Lipinski definition) is 2. The molecule has 0 fully saturated rings. The van der Waals surface area contributed by atoms with Crippen LogP contribution in [0.25, 0.3) is 0 Å². The molecule has 0 spiro atoms. The third-order valence-electron chi connectivity index (χ3n) is 2.95. The number of anilines is 1. The molecule has 0 aliphatic carbocycles. The van der Waals surface area contributed by atoms with Crippen LogP contribution in [0, 0.1) is 0 Å². The van der Waals surface area contributed by atoms with E-state index in [9.17, 15) is 9.59 Å². The third kappa shape index (κ3) is 3.52. The van der Waals surface area contributed by atoms with Gasteiger partial charge in [0, 0.05) is 19.2 Å². The van der Waals surface area contributed by atoms with Gasteiger partial charge in [-0.3, -0.25) is 14.6 Å². The zero-order valence-corrected chi connectivity index (χ0v) is 10.8. The second-order valence-corrected chi connectivity index (χ2v) is 4.54. The number of likely N-dealkylation sites (N-methyl/N-ethyl adjacent to an activating group) is 1. The van der Waals surface area contributed by atoms with Crippen molar-refractivity contribution in [2.75, 3.05) is 19.0 Å². The lowest BCUT2D eigenvalue weighted by atomic mass is 10.0. The molecule has 2 amide bonds. The number of ether oxygens (including phenoxy) is 1. The number of amides is 2. The van der Waals surface area contributed by atoms with Gasteiger partial charge in [0.15, 0.2) is 0 Å². The molecular weight excluding hydrogens is 246 g/mol. The lowest BCUT2D eigenvalue weighted by Gasteiger charge is -2.17. The number of carbonyl (C=O) groups is 2. The Hall–Kier alpha value is -1.92. The summed E-state index contributed by atoms with van der Waals surface area (Å²) >= 11 is 0. The number of carbonyl (C=O) groups excluding carboxylic acids is 2. The SMILES string of the molecule is CN(N)C(=O)COCc1ccc2c(c1)CCC(=O)N2. The van der Waals surface area contributed by atoms with E-state index < -0.39 is 0 Å². The lowest BCUT2D eigenvalue weighted by molar-refractivity contribution is -0.135. The van der Waals surface area contributed by atoms with E-state index in [2.05, 4.69) is 5.32 Å². The van der Waals surface area contributed by atoms with E-state index in [0.717, 1.165) is 28.2 Å². The topological polar surface area (TPSA) is 84.7 Å². The minimum absolute atomic E-state index is 0.0409. The number of nitrogens with two attached hydrogens (primary N) is 1. The van der Waals surface area contributed by atoms with Gasteiger partial charge < -0.3 is 10.1 Å². The standard InChI is InChI=1S/C13H17N3O3/c1-16(14)13(18)8-19-7-9-2-4-11-10(6-9)3-5-12(17)15-11/h2,4,6H,3,5,7-8,14H2,1H3,(H,15,17). The van der Waals surface area contributed by atoms with E-state index in [1.54, 1.807) is 0 Å². The molecule has 1 heterocycles. The summed E-state index contributed by atoms with van der Waals surface area (Å²) in [6.07, 6.45) is 1.24. The van der Waals surface area contributed by atoms with Crippen molar-refractivity contribution < 1.29 is 14.3 Å². The summed E-state index contributed by atoms with van der Waals surface area (Å²) in [6.45, 7) is 0.307. The fourth-order valence-electron chi connectivity index (χ4n) is 1.88. The van der Waals surface area contributed by atoms with Gasteiger partial charge >= 0.3 is 0 Å². The molecule has 0 radical (unpaired) electrons. The van der Waals surface area contributed by atoms with Gasteiger partial charge in [-0.15, -0.1) is 0 Å². The number of nitrogens with zero attached hydrogens (tertiary/aromatic N) is 1. The number of hydrogen-bond acceptors (Lipinski definition) is 4. The lowest BCUT2D eigenvalue weighted by Crippen LogP contribution is -2.35. The van der Waals surface area contributed by atoms with Crippen molar-refractivity contribution in [2.24, 2.45) is 5.84 Å². The Kier molecular flexibility index (Phi) is 4.13. The Bertz CT molecular complexity index is 500. The zero-order chi connectivity index (χ0) is 13.8. The first-order valence-electron chi connectivity index (χ1n) is 6.07. The van der Waals surface area contributed by atoms with Crippen molar-refractivity contribution in [3.05, 3.63) is 29.3 Å². The summed E-state index contributed by atoms with van der Waals surface area (Å²) in [5.74, 6) is 5.06. The Balaban J connectivity index is 1.92. The van der Waals surface area contributed by atoms with Gasteiger partial charge in [-0.2, -0.15) is 0 Å². The highest BCUT2D eigenvalue weighted by Gasteiger charge is 2.14. The highest BCUT2D eigenvalue weighted by molar-refractivity contribution is 5.93. The molecule has 0 bridgehead atoms. The number of fused-ring (bicyclic) bond motifs is 1. The van der Waals surface area contributed by atoms with Gasteiger partial charge in [-0.1, -0.05) is 12.1 Å². The van der Waals surface area contributed by atoms with E-state index >= 15 is 0 Å². The summed E-state index contributed by atoms with van der Waals surface area (Å²) in [5, 5.41) is 3.82. The van der Waals surface area contributed by atoms with E-state index in [4.69, 9.17) is 10.6 Å². The molecule has 102 valence electrons. The molecule has 19 heavy (non-hydrogen) atoms. The minimum Gasteiger partial charge on any atom is -0.367 e. The predicted molar refractivity (Wildman–Crippen MR) is 70.0 cm³/mol. The summed E-state index contributed by atoms with van der Waals surface area (Å²) in [6, 6.07) is 5.73. The van der Waals surface area contributed by atoms with Crippen molar-refractivity contribution in [3.8, 4) is 0 Å². The summed E-state index contributed by atoms with van der Waals surface area (Å²) < 4.78 is 5.30. The fraction of sp³-hybridized carbons (Fsp3) is 0.385. The maximum atomic E-state index is 11.2. The summed E-state index contributed by atoms with van der Waals surface area (Å²) in [5.41, 5.74) is 2.93. The van der Waals surface area contributed by atoms with Crippen molar-refractivity contribution in [1.82, 2.24) is 5.01 Å². The first kappa shape index (κ1) is 13.5. The van der Waals surface area contributed by atoms with Gasteiger partial charge in [-0.05, 0) is 23.6 Å². The van der Waals surface area contributed by atoms with Gasteiger partial charge in [0.05, 0.1) is 6.61 Å². The number of hydrazine groups is 1. The van der Waals surface area contributed by atoms with E-state index in [1.807, 2.05) is 18.2 Å². The van der Waals surface area contributed by atoms with Gasteiger partial charge in [0.2, 0.25) is 5.91 Å². The minimum atomic E-state index is -0.273. The average Bonchev–Trinajstić information content (AvgIpc) is 2.38. The second-order valence-electron chi connectivity index (χ2n) is 4.54. The Morgan fingerprint density at radius 3 is 3.00 bits per heavy atom. The van der Waals surface area contributed by atoms with Crippen molar-refractivity contribution in [2.45, 2.75) is 19.4 Å². The van der Waals surface area contributed by atoms with Crippen LogP contribution in [0.2, 0.25) is 0 Å². The molecule has 2 rings (SSSR count). The molecule has 6 nitrogen and oxygen atoms in total. The van der Waals surface area contributed by atoms with Crippen LogP contribution in [0.4, 0.5) is 5.69 Å². The van der Waals surface area contributed by atoms with Gasteiger partial charge in [0.25, 0.3) is 5.91 Å². The maximum absolute atomic E-state index is 11.2. The maximum Gasteiger partial charge on any atom is 0.262 e. The first-order chi connectivity index (χ1) is 9.06. The van der Waals surface area contributed by atoms with Crippen molar-refractivity contribution in [3.63, 3.8) is 0 Å².